The number of aromatic nitrogens is 2. The van der Waals surface area contributed by atoms with Crippen LogP contribution in [-0.4, -0.2) is 29.2 Å². The lowest BCUT2D eigenvalue weighted by Crippen LogP contribution is -2.26. The average Bonchev–Trinajstić information content (AvgIpc) is 3.18. The van der Waals surface area contributed by atoms with Crippen LogP contribution in [0, 0.1) is 5.82 Å². The molecule has 2 heterocycles. The molecule has 0 fully saturated rings. The Hall–Kier alpha value is -3.68. The second-order valence-corrected chi connectivity index (χ2v) is 6.12. The van der Waals surface area contributed by atoms with Gasteiger partial charge in [-0.1, -0.05) is 12.1 Å². The van der Waals surface area contributed by atoms with Crippen LogP contribution in [0.5, 0.6) is 11.5 Å². The number of halogens is 1. The van der Waals surface area contributed by atoms with Gasteiger partial charge in [0.15, 0.2) is 11.5 Å². The summed E-state index contributed by atoms with van der Waals surface area (Å²) in [5.74, 6) is 1.17. The molecule has 8 heteroatoms. The molecule has 1 aliphatic heterocycles. The lowest BCUT2D eigenvalue weighted by molar-refractivity contribution is 0.0953. The van der Waals surface area contributed by atoms with Gasteiger partial charge in [0.1, 0.15) is 5.82 Å². The van der Waals surface area contributed by atoms with Crippen molar-refractivity contribution in [3.05, 3.63) is 71.8 Å². The summed E-state index contributed by atoms with van der Waals surface area (Å²) in [6, 6.07) is 11.6. The van der Waals surface area contributed by atoms with Crippen LogP contribution >= 0.6 is 0 Å². The Bertz CT molecular complexity index is 978. The van der Waals surface area contributed by atoms with Gasteiger partial charge in [-0.2, -0.15) is 0 Å². The van der Waals surface area contributed by atoms with Gasteiger partial charge in [0.2, 0.25) is 12.7 Å². The molecule has 2 N–H and O–H groups in total. The number of benzene rings is 2. The van der Waals surface area contributed by atoms with Gasteiger partial charge in [-0.25, -0.2) is 14.4 Å². The van der Waals surface area contributed by atoms with Crippen LogP contribution in [0.4, 0.5) is 16.0 Å². The van der Waals surface area contributed by atoms with E-state index in [0.717, 1.165) is 11.3 Å². The van der Waals surface area contributed by atoms with Gasteiger partial charge in [0.05, 0.1) is 5.56 Å². The minimum Gasteiger partial charge on any atom is -0.454 e. The summed E-state index contributed by atoms with van der Waals surface area (Å²) in [7, 11) is 0. The van der Waals surface area contributed by atoms with Crippen LogP contribution in [0.3, 0.4) is 0 Å². The molecule has 0 saturated carbocycles. The van der Waals surface area contributed by atoms with E-state index in [-0.39, 0.29) is 18.5 Å². The molecule has 142 valence electrons. The number of hydrogen-bond acceptors (Lipinski definition) is 6. The van der Waals surface area contributed by atoms with Crippen molar-refractivity contribution in [2.75, 3.05) is 18.7 Å². The Kier molecular flexibility index (Phi) is 5.01. The summed E-state index contributed by atoms with van der Waals surface area (Å²) in [6.45, 7) is 0.641. The van der Waals surface area contributed by atoms with Crippen LogP contribution in [0.15, 0.2) is 54.9 Å². The number of nitrogens with zero attached hydrogens (tertiary/aromatic N) is 2. The van der Waals surface area contributed by atoms with E-state index in [1.54, 1.807) is 24.3 Å². The zero-order valence-corrected chi connectivity index (χ0v) is 14.8. The standard InChI is InChI=1S/C20H17FN4O3/c21-15-3-1-13(2-4-15)7-8-22-19(26)14-10-23-20(24-11-14)25-16-5-6-17-18(9-16)28-12-27-17/h1-6,9-11H,7-8,12H2,(H,22,26)(H,23,24,25). The summed E-state index contributed by atoms with van der Waals surface area (Å²) >= 11 is 0. The number of hydrogen-bond donors (Lipinski definition) is 2. The maximum Gasteiger partial charge on any atom is 0.254 e. The molecule has 0 spiro atoms. The third-order valence-corrected chi connectivity index (χ3v) is 4.16. The fourth-order valence-electron chi connectivity index (χ4n) is 2.69. The minimum atomic E-state index is -0.278. The third kappa shape index (κ3) is 4.17. The predicted molar refractivity (Wildman–Crippen MR) is 100 cm³/mol. The highest BCUT2D eigenvalue weighted by Crippen LogP contribution is 2.34. The van der Waals surface area contributed by atoms with Crippen molar-refractivity contribution >= 4 is 17.5 Å². The lowest BCUT2D eigenvalue weighted by atomic mass is 10.1. The van der Waals surface area contributed by atoms with Crippen molar-refractivity contribution in [1.82, 2.24) is 15.3 Å². The smallest absolute Gasteiger partial charge is 0.254 e. The Morgan fingerprint density at radius 1 is 1.04 bits per heavy atom. The molecule has 2 aromatic carbocycles. The SMILES string of the molecule is O=C(NCCc1ccc(F)cc1)c1cnc(Nc2ccc3c(c2)OCO3)nc1. The maximum absolute atomic E-state index is 12.9. The summed E-state index contributed by atoms with van der Waals surface area (Å²) in [6.07, 6.45) is 3.52. The fraction of sp³-hybridized carbons (Fsp3) is 0.150. The molecule has 0 bridgehead atoms. The van der Waals surface area contributed by atoms with E-state index < -0.39 is 0 Å². The monoisotopic (exact) mass is 380 g/mol. The van der Waals surface area contributed by atoms with E-state index in [1.807, 2.05) is 6.07 Å². The van der Waals surface area contributed by atoms with Gasteiger partial charge >= 0.3 is 0 Å². The highest BCUT2D eigenvalue weighted by molar-refractivity contribution is 5.93. The van der Waals surface area contributed by atoms with Crippen molar-refractivity contribution in [3.63, 3.8) is 0 Å². The minimum absolute atomic E-state index is 0.209. The first-order chi connectivity index (χ1) is 13.7. The molecule has 0 unspecified atom stereocenters. The number of ether oxygens (including phenoxy) is 2. The molecular formula is C20H17FN4O3. The maximum atomic E-state index is 12.9. The van der Waals surface area contributed by atoms with Crippen molar-refractivity contribution in [3.8, 4) is 11.5 Å². The second kappa shape index (κ2) is 7.91. The zero-order chi connectivity index (χ0) is 19.3. The van der Waals surface area contributed by atoms with Gasteiger partial charge in [-0.05, 0) is 36.2 Å². The quantitative estimate of drug-likeness (QED) is 0.684. The van der Waals surface area contributed by atoms with Crippen molar-refractivity contribution in [2.45, 2.75) is 6.42 Å². The largest absolute Gasteiger partial charge is 0.454 e. The second-order valence-electron chi connectivity index (χ2n) is 6.12. The zero-order valence-electron chi connectivity index (χ0n) is 14.8. The number of nitrogens with one attached hydrogen (secondary N) is 2. The van der Waals surface area contributed by atoms with E-state index >= 15 is 0 Å². The molecule has 4 rings (SSSR count). The van der Waals surface area contributed by atoms with Gasteiger partial charge < -0.3 is 20.1 Å². The number of carbonyl (C=O) groups is 1. The number of fused-ring (bicyclic) bond motifs is 1. The van der Waals surface area contributed by atoms with Crippen molar-refractivity contribution in [2.24, 2.45) is 0 Å². The van der Waals surface area contributed by atoms with E-state index in [9.17, 15) is 9.18 Å². The lowest BCUT2D eigenvalue weighted by Gasteiger charge is -2.07. The Morgan fingerprint density at radius 3 is 2.57 bits per heavy atom. The van der Waals surface area contributed by atoms with Crippen LogP contribution < -0.4 is 20.1 Å². The summed E-state index contributed by atoms with van der Waals surface area (Å²) < 4.78 is 23.5. The van der Waals surface area contributed by atoms with Gasteiger partial charge in [-0.3, -0.25) is 4.79 Å². The van der Waals surface area contributed by atoms with Crippen LogP contribution in [0.2, 0.25) is 0 Å². The Labute approximate surface area is 160 Å². The summed E-state index contributed by atoms with van der Waals surface area (Å²) in [5.41, 5.74) is 2.05. The Morgan fingerprint density at radius 2 is 1.79 bits per heavy atom. The third-order valence-electron chi connectivity index (χ3n) is 4.16. The predicted octanol–water partition coefficient (Wildman–Crippen LogP) is 3.06. The van der Waals surface area contributed by atoms with Gasteiger partial charge in [0, 0.05) is 30.7 Å². The molecular weight excluding hydrogens is 363 g/mol. The topological polar surface area (TPSA) is 85.4 Å². The fourth-order valence-corrected chi connectivity index (χ4v) is 2.69. The summed E-state index contributed by atoms with van der Waals surface area (Å²) in [5, 5.41) is 5.84. The highest BCUT2D eigenvalue weighted by atomic mass is 19.1. The average molecular weight is 380 g/mol. The first kappa shape index (κ1) is 17.7. The van der Waals surface area contributed by atoms with Crippen LogP contribution in [0.1, 0.15) is 15.9 Å². The Balaban J connectivity index is 1.31. The van der Waals surface area contributed by atoms with Crippen molar-refractivity contribution in [1.29, 1.82) is 0 Å². The molecule has 28 heavy (non-hydrogen) atoms. The molecule has 0 atom stereocenters. The van der Waals surface area contributed by atoms with E-state index in [1.165, 1.54) is 24.5 Å². The highest BCUT2D eigenvalue weighted by Gasteiger charge is 2.14. The molecule has 0 aliphatic carbocycles. The number of anilines is 2. The molecule has 0 saturated heterocycles. The molecule has 0 radical (unpaired) electrons. The molecule has 1 amide bonds. The molecule has 7 nitrogen and oxygen atoms in total. The van der Waals surface area contributed by atoms with Crippen molar-refractivity contribution < 1.29 is 18.7 Å². The van der Waals surface area contributed by atoms with E-state index in [4.69, 9.17) is 9.47 Å². The molecule has 3 aromatic rings. The van der Waals surface area contributed by atoms with Crippen LogP contribution in [-0.2, 0) is 6.42 Å². The van der Waals surface area contributed by atoms with E-state index in [2.05, 4.69) is 20.6 Å². The van der Waals surface area contributed by atoms with Gasteiger partial charge in [0.25, 0.3) is 5.91 Å². The van der Waals surface area contributed by atoms with Crippen LogP contribution in [0.25, 0.3) is 0 Å². The number of carbonyl (C=O) groups excluding carboxylic acids is 1. The number of amides is 1. The molecule has 1 aromatic heterocycles. The molecule has 1 aliphatic rings. The summed E-state index contributed by atoms with van der Waals surface area (Å²) in [4.78, 5) is 20.5. The first-order valence-corrected chi connectivity index (χ1v) is 8.69. The van der Waals surface area contributed by atoms with Gasteiger partial charge in [-0.15, -0.1) is 0 Å². The first-order valence-electron chi connectivity index (χ1n) is 8.69. The van der Waals surface area contributed by atoms with E-state index in [0.29, 0.717) is 36.0 Å². The number of rotatable bonds is 6. The normalized spacial score (nSPS) is 11.9.